The highest BCUT2D eigenvalue weighted by atomic mass is 16.5. The summed E-state index contributed by atoms with van der Waals surface area (Å²) in [5.41, 5.74) is 0. The summed E-state index contributed by atoms with van der Waals surface area (Å²) in [5, 5.41) is 9.79. The highest BCUT2D eigenvalue weighted by molar-refractivity contribution is 4.68. The second kappa shape index (κ2) is 8.12. The minimum absolute atomic E-state index is 0.236. The summed E-state index contributed by atoms with van der Waals surface area (Å²) in [4.78, 5) is 0. The Hall–Kier alpha value is -0.0800. The molecule has 0 radical (unpaired) electrons. The molecule has 1 unspecified atom stereocenters. The zero-order chi connectivity index (χ0) is 10.9. The molecule has 1 saturated carbocycles. The van der Waals surface area contributed by atoms with Gasteiger partial charge in [0.15, 0.2) is 0 Å². The van der Waals surface area contributed by atoms with Gasteiger partial charge in [-0.15, -0.1) is 0 Å². The van der Waals surface area contributed by atoms with Crippen LogP contribution >= 0.6 is 0 Å². The molecule has 0 heterocycles. The third-order valence-electron chi connectivity index (χ3n) is 3.24. The maximum absolute atomic E-state index is 9.79. The first-order valence-corrected chi connectivity index (χ1v) is 6.58. The van der Waals surface area contributed by atoms with Crippen molar-refractivity contribution in [1.29, 1.82) is 0 Å². The molecule has 0 bridgehead atoms. The molecule has 1 aliphatic carbocycles. The molecule has 1 aliphatic rings. The fourth-order valence-electron chi connectivity index (χ4n) is 2.42. The number of aliphatic hydroxyl groups excluding tert-OH is 1. The molecule has 90 valence electrons. The molecule has 0 spiro atoms. The molecule has 0 amide bonds. The van der Waals surface area contributed by atoms with Gasteiger partial charge in [0.25, 0.3) is 0 Å². The van der Waals surface area contributed by atoms with Gasteiger partial charge in [-0.05, 0) is 18.8 Å². The molecule has 1 fully saturated rings. The normalized spacial score (nSPS) is 21.2. The molecule has 2 heteroatoms. The van der Waals surface area contributed by atoms with E-state index in [-0.39, 0.29) is 6.10 Å². The molecule has 0 aliphatic heterocycles. The van der Waals surface area contributed by atoms with Crippen molar-refractivity contribution in [1.82, 2.24) is 0 Å². The van der Waals surface area contributed by atoms with Gasteiger partial charge in [-0.1, -0.05) is 45.4 Å². The predicted molar refractivity (Wildman–Crippen MR) is 62.9 cm³/mol. The van der Waals surface area contributed by atoms with E-state index in [1.807, 2.05) is 0 Å². The van der Waals surface area contributed by atoms with Crippen molar-refractivity contribution < 1.29 is 9.84 Å². The van der Waals surface area contributed by atoms with Crippen LogP contribution in [-0.4, -0.2) is 24.4 Å². The van der Waals surface area contributed by atoms with Crippen molar-refractivity contribution in [3.63, 3.8) is 0 Å². The van der Waals surface area contributed by atoms with Gasteiger partial charge >= 0.3 is 0 Å². The Morgan fingerprint density at radius 2 is 1.87 bits per heavy atom. The van der Waals surface area contributed by atoms with Crippen molar-refractivity contribution >= 4 is 0 Å². The second-order valence-electron chi connectivity index (χ2n) is 4.82. The standard InChI is InChI=1S/C13H26O2/c1-2-9-15-11-13(14)10-12-7-5-3-4-6-8-12/h12-14H,2-11H2,1H3. The fourth-order valence-corrected chi connectivity index (χ4v) is 2.42. The third kappa shape index (κ3) is 6.16. The Morgan fingerprint density at radius 1 is 1.20 bits per heavy atom. The predicted octanol–water partition coefficient (Wildman–Crippen LogP) is 3.13. The lowest BCUT2D eigenvalue weighted by atomic mass is 9.94. The van der Waals surface area contributed by atoms with E-state index in [4.69, 9.17) is 4.74 Å². The average molecular weight is 214 g/mol. The van der Waals surface area contributed by atoms with Crippen molar-refractivity contribution in [3.05, 3.63) is 0 Å². The molecule has 0 saturated heterocycles. The van der Waals surface area contributed by atoms with E-state index in [2.05, 4.69) is 6.92 Å². The van der Waals surface area contributed by atoms with Gasteiger partial charge in [-0.3, -0.25) is 0 Å². The van der Waals surface area contributed by atoms with Crippen molar-refractivity contribution in [2.24, 2.45) is 5.92 Å². The van der Waals surface area contributed by atoms with Crippen LogP contribution in [0.25, 0.3) is 0 Å². The first-order chi connectivity index (χ1) is 7.33. The van der Waals surface area contributed by atoms with Gasteiger partial charge < -0.3 is 9.84 Å². The van der Waals surface area contributed by atoms with Gasteiger partial charge in [-0.2, -0.15) is 0 Å². The van der Waals surface area contributed by atoms with Crippen LogP contribution in [0.5, 0.6) is 0 Å². The van der Waals surface area contributed by atoms with Gasteiger partial charge in [0.2, 0.25) is 0 Å². The van der Waals surface area contributed by atoms with Crippen LogP contribution in [0.15, 0.2) is 0 Å². The zero-order valence-electron chi connectivity index (χ0n) is 10.1. The number of ether oxygens (including phenoxy) is 1. The molecule has 0 aromatic rings. The molecule has 15 heavy (non-hydrogen) atoms. The van der Waals surface area contributed by atoms with E-state index in [0.29, 0.717) is 6.61 Å². The highest BCUT2D eigenvalue weighted by Gasteiger charge is 2.16. The van der Waals surface area contributed by atoms with E-state index in [1.165, 1.54) is 38.5 Å². The molecule has 0 aromatic heterocycles. The smallest absolute Gasteiger partial charge is 0.0776 e. The van der Waals surface area contributed by atoms with Crippen LogP contribution in [0, 0.1) is 5.92 Å². The van der Waals surface area contributed by atoms with Crippen LogP contribution < -0.4 is 0 Å². The lowest BCUT2D eigenvalue weighted by molar-refractivity contribution is 0.0231. The van der Waals surface area contributed by atoms with E-state index in [1.54, 1.807) is 0 Å². The van der Waals surface area contributed by atoms with E-state index in [9.17, 15) is 5.11 Å². The van der Waals surface area contributed by atoms with Crippen molar-refractivity contribution in [3.8, 4) is 0 Å². The lowest BCUT2D eigenvalue weighted by Crippen LogP contribution is -2.19. The average Bonchev–Trinajstić information content (AvgIpc) is 2.47. The summed E-state index contributed by atoms with van der Waals surface area (Å²) in [7, 11) is 0. The Morgan fingerprint density at radius 3 is 2.47 bits per heavy atom. The van der Waals surface area contributed by atoms with Gasteiger partial charge in [0.1, 0.15) is 0 Å². The van der Waals surface area contributed by atoms with E-state index < -0.39 is 0 Å². The largest absolute Gasteiger partial charge is 0.391 e. The fraction of sp³-hybridized carbons (Fsp3) is 1.00. The summed E-state index contributed by atoms with van der Waals surface area (Å²) in [6, 6.07) is 0. The van der Waals surface area contributed by atoms with Crippen molar-refractivity contribution in [2.45, 2.75) is 64.4 Å². The van der Waals surface area contributed by atoms with Gasteiger partial charge in [0, 0.05) is 6.61 Å². The maximum Gasteiger partial charge on any atom is 0.0776 e. The lowest BCUT2D eigenvalue weighted by Gasteiger charge is -2.18. The van der Waals surface area contributed by atoms with Crippen molar-refractivity contribution in [2.75, 3.05) is 13.2 Å². The molecular formula is C13H26O2. The summed E-state index contributed by atoms with van der Waals surface area (Å²) < 4.78 is 5.37. The highest BCUT2D eigenvalue weighted by Crippen LogP contribution is 2.26. The molecule has 1 N–H and O–H groups in total. The Balaban J connectivity index is 2.09. The molecule has 0 aromatic carbocycles. The second-order valence-corrected chi connectivity index (χ2v) is 4.82. The quantitative estimate of drug-likeness (QED) is 0.543. The third-order valence-corrected chi connectivity index (χ3v) is 3.24. The van der Waals surface area contributed by atoms with Crippen LogP contribution in [0.3, 0.4) is 0 Å². The number of rotatable bonds is 6. The Labute approximate surface area is 94.0 Å². The summed E-state index contributed by atoms with van der Waals surface area (Å²) in [5.74, 6) is 0.743. The van der Waals surface area contributed by atoms with Crippen LogP contribution in [-0.2, 0) is 4.74 Å². The summed E-state index contributed by atoms with van der Waals surface area (Å²) in [6.45, 7) is 3.41. The SMILES string of the molecule is CCCOCC(O)CC1CCCCCC1. The summed E-state index contributed by atoms with van der Waals surface area (Å²) >= 11 is 0. The molecular weight excluding hydrogens is 188 g/mol. The molecule has 2 nitrogen and oxygen atoms in total. The van der Waals surface area contributed by atoms with Gasteiger partial charge in [0.05, 0.1) is 12.7 Å². The van der Waals surface area contributed by atoms with E-state index in [0.717, 1.165) is 25.4 Å². The van der Waals surface area contributed by atoms with Crippen LogP contribution in [0.1, 0.15) is 58.3 Å². The first-order valence-electron chi connectivity index (χ1n) is 6.58. The number of hydrogen-bond acceptors (Lipinski definition) is 2. The topological polar surface area (TPSA) is 29.5 Å². The maximum atomic E-state index is 9.79. The monoisotopic (exact) mass is 214 g/mol. The Bertz CT molecular complexity index is 139. The molecule has 1 atom stereocenters. The van der Waals surface area contributed by atoms with E-state index >= 15 is 0 Å². The van der Waals surface area contributed by atoms with Crippen LogP contribution in [0.4, 0.5) is 0 Å². The van der Waals surface area contributed by atoms with Gasteiger partial charge in [-0.25, -0.2) is 0 Å². The molecule has 1 rings (SSSR count). The minimum Gasteiger partial charge on any atom is -0.391 e. The Kier molecular flexibility index (Phi) is 7.03. The number of hydrogen-bond donors (Lipinski definition) is 1. The number of aliphatic hydroxyl groups is 1. The van der Waals surface area contributed by atoms with Crippen LogP contribution in [0.2, 0.25) is 0 Å². The minimum atomic E-state index is -0.236. The zero-order valence-corrected chi connectivity index (χ0v) is 10.1. The first kappa shape index (κ1) is 13.0. The summed E-state index contributed by atoms with van der Waals surface area (Å²) in [6.07, 6.45) is 9.85.